The molecule has 2 aliphatic heterocycles. The van der Waals surface area contributed by atoms with E-state index in [1.165, 1.54) is 5.56 Å². The first kappa shape index (κ1) is 20.5. The molecule has 1 amide bonds. The van der Waals surface area contributed by atoms with E-state index in [-0.39, 0.29) is 12.0 Å². The Balaban J connectivity index is 1.21. The summed E-state index contributed by atoms with van der Waals surface area (Å²) >= 11 is 0. The summed E-state index contributed by atoms with van der Waals surface area (Å²) in [5.74, 6) is 2.51. The van der Waals surface area contributed by atoms with E-state index in [4.69, 9.17) is 14.5 Å². The normalized spacial score (nSPS) is 18.0. The van der Waals surface area contributed by atoms with E-state index in [2.05, 4.69) is 22.9 Å². The Morgan fingerprint density at radius 1 is 1.19 bits per heavy atom. The standard InChI is InChI=1S/C25H28N4O3/c1-17-13-19-15-29(25(30)18-5-3-4-6-18)16-22(19)27-24(17)28-11-9-20(10-12-28)32-21-7-8-23(31-2)26-14-21/h3-5,7-8,13-14,20H,6,9-12,15-16H2,1-2H3. The second-order valence-corrected chi connectivity index (χ2v) is 8.56. The largest absolute Gasteiger partial charge is 0.489 e. The van der Waals surface area contributed by atoms with Crippen molar-refractivity contribution in [2.45, 2.75) is 45.4 Å². The Hall–Kier alpha value is -3.35. The van der Waals surface area contributed by atoms with Crippen molar-refractivity contribution in [3.05, 3.63) is 65.0 Å². The quantitative estimate of drug-likeness (QED) is 0.720. The fraction of sp³-hybridized carbons (Fsp3) is 0.400. The molecule has 0 atom stereocenters. The number of aromatic nitrogens is 2. The molecule has 5 rings (SSSR count). The van der Waals surface area contributed by atoms with Gasteiger partial charge in [-0.1, -0.05) is 18.2 Å². The summed E-state index contributed by atoms with van der Waals surface area (Å²) in [5, 5.41) is 0. The van der Waals surface area contributed by atoms with Gasteiger partial charge >= 0.3 is 0 Å². The number of fused-ring (bicyclic) bond motifs is 1. The van der Waals surface area contributed by atoms with Gasteiger partial charge in [-0.05, 0) is 36.6 Å². The zero-order valence-electron chi connectivity index (χ0n) is 18.6. The Labute approximate surface area is 188 Å². The summed E-state index contributed by atoms with van der Waals surface area (Å²) in [7, 11) is 1.60. The number of rotatable bonds is 5. The average Bonchev–Trinajstić information content (AvgIpc) is 3.49. The van der Waals surface area contributed by atoms with Crippen molar-refractivity contribution in [2.24, 2.45) is 0 Å². The maximum absolute atomic E-state index is 12.8. The van der Waals surface area contributed by atoms with Crippen LogP contribution in [0.3, 0.4) is 0 Å². The Morgan fingerprint density at radius 2 is 2.03 bits per heavy atom. The number of anilines is 1. The highest BCUT2D eigenvalue weighted by atomic mass is 16.5. The van der Waals surface area contributed by atoms with Crippen LogP contribution < -0.4 is 14.4 Å². The highest BCUT2D eigenvalue weighted by Gasteiger charge is 2.29. The van der Waals surface area contributed by atoms with Gasteiger partial charge in [-0.2, -0.15) is 0 Å². The summed E-state index contributed by atoms with van der Waals surface area (Å²) < 4.78 is 11.2. The number of hydrogen-bond acceptors (Lipinski definition) is 6. The van der Waals surface area contributed by atoms with E-state index in [9.17, 15) is 4.79 Å². The first-order valence-corrected chi connectivity index (χ1v) is 11.2. The zero-order valence-corrected chi connectivity index (χ0v) is 18.6. The second kappa shape index (κ2) is 8.65. The smallest absolute Gasteiger partial charge is 0.250 e. The van der Waals surface area contributed by atoms with Crippen molar-refractivity contribution in [2.75, 3.05) is 25.1 Å². The van der Waals surface area contributed by atoms with E-state index in [0.29, 0.717) is 19.0 Å². The van der Waals surface area contributed by atoms with E-state index < -0.39 is 0 Å². The first-order chi connectivity index (χ1) is 15.6. The third kappa shape index (κ3) is 4.07. The van der Waals surface area contributed by atoms with Crippen LogP contribution in [0.25, 0.3) is 0 Å². The number of carbonyl (C=O) groups excluding carboxylic acids is 1. The van der Waals surface area contributed by atoms with Crippen molar-refractivity contribution in [3.63, 3.8) is 0 Å². The van der Waals surface area contributed by atoms with Gasteiger partial charge in [0.05, 0.1) is 25.5 Å². The predicted octanol–water partition coefficient (Wildman–Crippen LogP) is 3.57. The summed E-state index contributed by atoms with van der Waals surface area (Å²) in [6.45, 7) is 5.13. The number of nitrogens with zero attached hydrogens (tertiary/aromatic N) is 4. The maximum atomic E-state index is 12.8. The number of allylic oxidation sites excluding steroid dienone is 3. The monoisotopic (exact) mass is 432 g/mol. The van der Waals surface area contributed by atoms with Gasteiger partial charge in [0.2, 0.25) is 5.88 Å². The molecule has 1 saturated heterocycles. The molecule has 7 nitrogen and oxygen atoms in total. The van der Waals surface area contributed by atoms with Crippen LogP contribution in [0, 0.1) is 6.92 Å². The maximum Gasteiger partial charge on any atom is 0.250 e. The molecule has 0 saturated carbocycles. The van der Waals surface area contributed by atoms with Crippen LogP contribution in [0.4, 0.5) is 5.82 Å². The number of piperidine rings is 1. The van der Waals surface area contributed by atoms with Gasteiger partial charge in [0.1, 0.15) is 17.7 Å². The van der Waals surface area contributed by atoms with Crippen LogP contribution in [-0.2, 0) is 17.9 Å². The lowest BCUT2D eigenvalue weighted by molar-refractivity contribution is -0.127. The Bertz CT molecular complexity index is 1070. The summed E-state index contributed by atoms with van der Waals surface area (Å²) in [4.78, 5) is 26.2. The van der Waals surface area contributed by atoms with E-state index in [0.717, 1.165) is 60.7 Å². The Kier molecular flexibility index (Phi) is 5.55. The van der Waals surface area contributed by atoms with Crippen LogP contribution in [0.15, 0.2) is 48.2 Å². The molecule has 1 fully saturated rings. The molecule has 32 heavy (non-hydrogen) atoms. The molecule has 7 heteroatoms. The van der Waals surface area contributed by atoms with Gasteiger partial charge in [0, 0.05) is 44.1 Å². The SMILES string of the molecule is COc1ccc(OC2CCN(c3nc4c(cc3C)CN(C(=O)C3=CC=CC3)C4)CC2)cn1. The topological polar surface area (TPSA) is 67.8 Å². The highest BCUT2D eigenvalue weighted by Crippen LogP contribution is 2.31. The van der Waals surface area contributed by atoms with Crippen molar-refractivity contribution in [1.82, 2.24) is 14.9 Å². The van der Waals surface area contributed by atoms with Gasteiger partial charge < -0.3 is 19.3 Å². The zero-order chi connectivity index (χ0) is 22.1. The third-order valence-corrected chi connectivity index (χ3v) is 6.35. The van der Waals surface area contributed by atoms with Crippen LogP contribution in [0.2, 0.25) is 0 Å². The van der Waals surface area contributed by atoms with Crippen molar-refractivity contribution in [1.29, 1.82) is 0 Å². The molecule has 2 aromatic heterocycles. The molecule has 0 spiro atoms. The molecule has 3 aliphatic rings. The van der Waals surface area contributed by atoms with Gasteiger partial charge in [-0.3, -0.25) is 4.79 Å². The molecule has 1 aliphatic carbocycles. The van der Waals surface area contributed by atoms with Gasteiger partial charge in [0.15, 0.2) is 0 Å². The Morgan fingerprint density at radius 3 is 2.72 bits per heavy atom. The lowest BCUT2D eigenvalue weighted by atomic mass is 10.1. The van der Waals surface area contributed by atoms with Crippen LogP contribution in [0.1, 0.15) is 36.1 Å². The van der Waals surface area contributed by atoms with Crippen molar-refractivity contribution in [3.8, 4) is 11.6 Å². The van der Waals surface area contributed by atoms with Crippen molar-refractivity contribution >= 4 is 11.7 Å². The minimum atomic E-state index is 0.123. The molecule has 0 aromatic carbocycles. The number of pyridine rings is 2. The number of hydrogen-bond donors (Lipinski definition) is 0. The van der Waals surface area contributed by atoms with Crippen LogP contribution in [-0.4, -0.2) is 47.1 Å². The van der Waals surface area contributed by atoms with Gasteiger partial charge in [-0.25, -0.2) is 9.97 Å². The van der Waals surface area contributed by atoms with Gasteiger partial charge in [0.25, 0.3) is 5.91 Å². The number of carbonyl (C=O) groups is 1. The molecular formula is C25H28N4O3. The van der Waals surface area contributed by atoms with E-state index in [1.54, 1.807) is 13.3 Å². The molecule has 0 bridgehead atoms. The fourth-order valence-electron chi connectivity index (χ4n) is 4.62. The predicted molar refractivity (Wildman–Crippen MR) is 122 cm³/mol. The molecule has 2 aromatic rings. The molecule has 166 valence electrons. The number of amides is 1. The van der Waals surface area contributed by atoms with E-state index in [1.807, 2.05) is 35.3 Å². The molecule has 0 radical (unpaired) electrons. The van der Waals surface area contributed by atoms with E-state index >= 15 is 0 Å². The molecule has 0 N–H and O–H groups in total. The summed E-state index contributed by atoms with van der Waals surface area (Å²) in [6.07, 6.45) is 10.4. The van der Waals surface area contributed by atoms with Gasteiger partial charge in [-0.15, -0.1) is 0 Å². The van der Waals surface area contributed by atoms with Crippen molar-refractivity contribution < 1.29 is 14.3 Å². The summed E-state index contributed by atoms with van der Waals surface area (Å²) in [5.41, 5.74) is 4.21. The number of methoxy groups -OCH3 is 1. The minimum absolute atomic E-state index is 0.123. The first-order valence-electron chi connectivity index (χ1n) is 11.2. The molecule has 4 heterocycles. The lowest BCUT2D eigenvalue weighted by Gasteiger charge is -2.34. The second-order valence-electron chi connectivity index (χ2n) is 8.56. The van der Waals surface area contributed by atoms with Crippen LogP contribution >= 0.6 is 0 Å². The minimum Gasteiger partial charge on any atom is -0.489 e. The fourth-order valence-corrected chi connectivity index (χ4v) is 4.62. The lowest BCUT2D eigenvalue weighted by Crippen LogP contribution is -2.39. The summed E-state index contributed by atoms with van der Waals surface area (Å²) in [6, 6.07) is 5.92. The molecule has 0 unspecified atom stereocenters. The highest BCUT2D eigenvalue weighted by molar-refractivity contribution is 5.95. The number of ether oxygens (including phenoxy) is 2. The average molecular weight is 433 g/mol. The van der Waals surface area contributed by atoms with Crippen LogP contribution in [0.5, 0.6) is 11.6 Å². The third-order valence-electron chi connectivity index (χ3n) is 6.35. The molecular weight excluding hydrogens is 404 g/mol. The number of aryl methyl sites for hydroxylation is 1.